The molecule has 11 heteroatoms. The molecule has 0 aromatic rings. The number of nitrogens with one attached hydrogen (secondary N) is 1. The first-order valence-corrected chi connectivity index (χ1v) is 14.7. The maximum Gasteiger partial charge on any atom is 0.333 e. The molecule has 11 nitrogen and oxygen atoms in total. The van der Waals surface area contributed by atoms with E-state index in [1.807, 2.05) is 13.0 Å². The van der Waals surface area contributed by atoms with Crippen LogP contribution in [0.2, 0.25) is 0 Å². The van der Waals surface area contributed by atoms with Crippen LogP contribution in [0.15, 0.2) is 23.8 Å². The number of carboxylic acids is 1. The Morgan fingerprint density at radius 3 is 2.52 bits per heavy atom. The van der Waals surface area contributed by atoms with Gasteiger partial charge in [-0.1, -0.05) is 39.3 Å². The van der Waals surface area contributed by atoms with Gasteiger partial charge in [0.25, 0.3) is 0 Å². The van der Waals surface area contributed by atoms with Crippen LogP contribution in [-0.4, -0.2) is 80.8 Å². The highest BCUT2D eigenvalue weighted by Gasteiger charge is 2.68. The minimum absolute atomic E-state index is 0.0347. The first-order chi connectivity index (χ1) is 19.5. The predicted molar refractivity (Wildman–Crippen MR) is 149 cm³/mol. The summed E-state index contributed by atoms with van der Waals surface area (Å²) in [6, 6.07) is 0. The number of fused-ring (bicyclic) bond motifs is 5. The summed E-state index contributed by atoms with van der Waals surface area (Å²) in [4.78, 5) is 60.9. The molecule has 8 atom stereocenters. The molecule has 0 radical (unpaired) electrons. The van der Waals surface area contributed by atoms with Crippen molar-refractivity contribution < 1.29 is 49.1 Å². The number of hydrogen-bond acceptors (Lipinski definition) is 9. The van der Waals surface area contributed by atoms with Gasteiger partial charge in [0.1, 0.15) is 5.60 Å². The van der Waals surface area contributed by atoms with Gasteiger partial charge in [0.05, 0.1) is 12.5 Å². The second-order valence-electron chi connectivity index (χ2n) is 13.7. The number of ketones is 2. The monoisotopic (exact) mass is 589 g/mol. The van der Waals surface area contributed by atoms with Gasteiger partial charge in [-0.05, 0) is 56.1 Å². The van der Waals surface area contributed by atoms with E-state index in [4.69, 9.17) is 9.84 Å². The third-order valence-electron chi connectivity index (χ3n) is 10.7. The third kappa shape index (κ3) is 5.46. The van der Waals surface area contributed by atoms with Crippen molar-refractivity contribution in [3.05, 3.63) is 23.8 Å². The van der Waals surface area contributed by atoms with Crippen LogP contribution in [-0.2, 0) is 28.7 Å². The molecule has 0 aliphatic heterocycles. The summed E-state index contributed by atoms with van der Waals surface area (Å²) in [5.41, 5.74) is -3.28. The number of aliphatic carboxylic acids is 1. The second kappa shape index (κ2) is 11.3. The summed E-state index contributed by atoms with van der Waals surface area (Å²) in [6.07, 6.45) is 4.50. The Bertz CT molecular complexity index is 1220. The molecule has 42 heavy (non-hydrogen) atoms. The van der Waals surface area contributed by atoms with Gasteiger partial charge in [-0.3, -0.25) is 19.2 Å². The largest absolute Gasteiger partial charge is 0.479 e. The van der Waals surface area contributed by atoms with Crippen LogP contribution in [0.3, 0.4) is 0 Å². The number of aliphatic hydroxyl groups is 3. The number of rotatable bonds is 10. The number of carbonyl (C=O) groups excluding carboxylic acids is 4. The summed E-state index contributed by atoms with van der Waals surface area (Å²) in [6.45, 7) is 6.07. The van der Waals surface area contributed by atoms with Crippen molar-refractivity contribution in [3.8, 4) is 0 Å². The van der Waals surface area contributed by atoms with E-state index in [9.17, 15) is 39.3 Å². The number of amides is 1. The molecule has 232 valence electrons. The molecule has 3 fully saturated rings. The van der Waals surface area contributed by atoms with Crippen LogP contribution < -0.4 is 5.32 Å². The van der Waals surface area contributed by atoms with Crippen molar-refractivity contribution in [3.63, 3.8) is 0 Å². The van der Waals surface area contributed by atoms with E-state index in [0.717, 1.165) is 12.0 Å². The lowest BCUT2D eigenvalue weighted by atomic mass is 9.46. The van der Waals surface area contributed by atoms with Crippen LogP contribution in [0, 0.1) is 34.0 Å². The highest BCUT2D eigenvalue weighted by atomic mass is 16.5. The molecule has 0 saturated heterocycles. The maximum absolute atomic E-state index is 13.4. The van der Waals surface area contributed by atoms with E-state index >= 15 is 0 Å². The lowest BCUT2D eigenvalue weighted by Crippen LogP contribution is -2.61. The average Bonchev–Trinajstić information content (AvgIpc) is 3.19. The highest BCUT2D eigenvalue weighted by molar-refractivity contribution is 6.01. The lowest BCUT2D eigenvalue weighted by Gasteiger charge is -2.59. The molecule has 0 unspecified atom stereocenters. The van der Waals surface area contributed by atoms with Gasteiger partial charge in [0.2, 0.25) is 11.7 Å². The van der Waals surface area contributed by atoms with Gasteiger partial charge in [-0.15, -0.1) is 0 Å². The Hall–Kier alpha value is -2.89. The third-order valence-corrected chi connectivity index (χ3v) is 10.7. The van der Waals surface area contributed by atoms with Crippen molar-refractivity contribution >= 4 is 29.4 Å². The summed E-state index contributed by atoms with van der Waals surface area (Å²) in [5.74, 6) is -3.57. The molecule has 0 heterocycles. The Morgan fingerprint density at radius 1 is 1.17 bits per heavy atom. The molecule has 0 aromatic heterocycles. The Labute approximate surface area is 245 Å². The molecular formula is C31H43NO10. The summed E-state index contributed by atoms with van der Waals surface area (Å²) >= 11 is 0. The number of Topliss-reactive ketones (excluding diaryl/α,β-unsaturated/α-hetero) is 1. The number of hydrogen-bond donors (Lipinski definition) is 5. The molecule has 0 spiro atoms. The average molecular weight is 590 g/mol. The normalized spacial score (nSPS) is 36.2. The first-order valence-electron chi connectivity index (χ1n) is 14.7. The SMILES string of the molecule is CC(C)(CNC(=O)CCC(=O)OCC(=O)[C@@]1(O)CC[C@H]2[C@@H]3CCC4=CC(=O)C=C[C@]4(C)[C@H]3[C@@H](O)C[C@@]21C)[C@@H](O)C(=O)O. The van der Waals surface area contributed by atoms with E-state index in [1.54, 1.807) is 12.2 Å². The molecule has 0 aromatic carbocycles. The zero-order valence-corrected chi connectivity index (χ0v) is 24.7. The van der Waals surface area contributed by atoms with Gasteiger partial charge in [-0.25, -0.2) is 4.79 Å². The number of carboxylic acid groups (broad SMARTS) is 1. The van der Waals surface area contributed by atoms with Crippen LogP contribution in [0.5, 0.6) is 0 Å². The quantitative estimate of drug-likeness (QED) is 0.234. The van der Waals surface area contributed by atoms with Crippen LogP contribution >= 0.6 is 0 Å². The van der Waals surface area contributed by atoms with E-state index in [-0.39, 0.29) is 55.8 Å². The number of allylic oxidation sites excluding steroid dienone is 4. The van der Waals surface area contributed by atoms with Crippen LogP contribution in [0.4, 0.5) is 0 Å². The number of esters is 1. The Balaban J connectivity index is 1.33. The minimum Gasteiger partial charge on any atom is -0.479 e. The highest BCUT2D eigenvalue weighted by Crippen LogP contribution is 2.67. The second-order valence-corrected chi connectivity index (χ2v) is 13.7. The van der Waals surface area contributed by atoms with Crippen molar-refractivity contribution in [2.24, 2.45) is 34.0 Å². The topological polar surface area (TPSA) is 188 Å². The molecule has 4 rings (SSSR count). The fourth-order valence-electron chi connectivity index (χ4n) is 8.19. The minimum atomic E-state index is -1.78. The van der Waals surface area contributed by atoms with Gasteiger partial charge < -0.3 is 30.5 Å². The summed E-state index contributed by atoms with van der Waals surface area (Å²) < 4.78 is 5.14. The smallest absolute Gasteiger partial charge is 0.333 e. The number of carbonyl (C=O) groups is 5. The zero-order valence-electron chi connectivity index (χ0n) is 24.7. The zero-order chi connectivity index (χ0) is 31.3. The van der Waals surface area contributed by atoms with E-state index in [1.165, 1.54) is 13.8 Å². The van der Waals surface area contributed by atoms with Crippen molar-refractivity contribution in [2.45, 2.75) is 90.4 Å². The van der Waals surface area contributed by atoms with Crippen LogP contribution in [0.1, 0.15) is 72.6 Å². The molecule has 1 amide bonds. The van der Waals surface area contributed by atoms with Crippen molar-refractivity contribution in [2.75, 3.05) is 13.2 Å². The molecule has 4 aliphatic rings. The first kappa shape index (κ1) is 32.0. The number of aliphatic hydroxyl groups excluding tert-OH is 2. The fourth-order valence-corrected chi connectivity index (χ4v) is 8.19. The summed E-state index contributed by atoms with van der Waals surface area (Å²) in [7, 11) is 0. The van der Waals surface area contributed by atoms with Gasteiger partial charge >= 0.3 is 11.9 Å². The molecular weight excluding hydrogens is 546 g/mol. The molecule has 4 aliphatic carbocycles. The molecule has 3 saturated carbocycles. The summed E-state index contributed by atoms with van der Waals surface area (Å²) in [5, 5.41) is 44.4. The standard InChI is InChI=1S/C31H43NO10/c1-28(2,26(38)27(39)40)16-32-23(36)7-8-24(37)42-15-22(35)31(41)12-10-20-19-6-5-17-13-18(33)9-11-29(17,3)25(19)21(34)14-30(20,31)4/h9,11,13,19-21,25-26,34,38,41H,5-8,10,12,14-16H2,1-4H3,(H,32,36)(H,39,40)/t19-,20-,21-,25+,26-,29-,30-,31-/m0/s1. The van der Waals surface area contributed by atoms with E-state index in [2.05, 4.69) is 12.2 Å². The Kier molecular flexibility index (Phi) is 8.63. The van der Waals surface area contributed by atoms with Gasteiger partial charge in [0, 0.05) is 35.1 Å². The number of ether oxygens (including phenoxy) is 1. The van der Waals surface area contributed by atoms with Crippen molar-refractivity contribution in [1.82, 2.24) is 5.32 Å². The molecule has 0 bridgehead atoms. The van der Waals surface area contributed by atoms with E-state index in [0.29, 0.717) is 12.8 Å². The van der Waals surface area contributed by atoms with Gasteiger partial charge in [0.15, 0.2) is 18.5 Å². The van der Waals surface area contributed by atoms with E-state index < -0.39 is 64.3 Å². The van der Waals surface area contributed by atoms with Crippen molar-refractivity contribution in [1.29, 1.82) is 0 Å². The lowest BCUT2D eigenvalue weighted by molar-refractivity contribution is -0.181. The van der Waals surface area contributed by atoms with Gasteiger partial charge in [-0.2, -0.15) is 0 Å². The molecule has 5 N–H and O–H groups in total. The predicted octanol–water partition coefficient (Wildman–Crippen LogP) is 1.48. The fraction of sp³-hybridized carbons (Fsp3) is 0.710. The Morgan fingerprint density at radius 2 is 1.86 bits per heavy atom. The maximum atomic E-state index is 13.4. The van der Waals surface area contributed by atoms with Crippen LogP contribution in [0.25, 0.3) is 0 Å².